The van der Waals surface area contributed by atoms with Crippen LogP contribution in [0.5, 0.6) is 0 Å². The van der Waals surface area contributed by atoms with Crippen molar-refractivity contribution in [3.8, 4) is 0 Å². The lowest BCUT2D eigenvalue weighted by Gasteiger charge is -2.03. The van der Waals surface area contributed by atoms with Crippen molar-refractivity contribution < 1.29 is 9.18 Å². The van der Waals surface area contributed by atoms with Crippen LogP contribution in [0.2, 0.25) is 0 Å². The van der Waals surface area contributed by atoms with Crippen LogP contribution in [-0.4, -0.2) is 22.5 Å². The van der Waals surface area contributed by atoms with E-state index in [0.717, 1.165) is 22.5 Å². The molecule has 1 aromatic heterocycles. The number of rotatable bonds is 3. The van der Waals surface area contributed by atoms with Crippen LogP contribution in [-0.2, 0) is 11.3 Å². The number of hydrogen-bond acceptors (Lipinski definition) is 3. The van der Waals surface area contributed by atoms with Crippen molar-refractivity contribution >= 4 is 39.2 Å². The number of carbonyl (C=O) groups is 1. The predicted molar refractivity (Wildman–Crippen MR) is 74.4 cm³/mol. The molecule has 3 nitrogen and oxygen atoms in total. The number of aromatic nitrogens is 1. The molecule has 0 aliphatic carbocycles. The van der Waals surface area contributed by atoms with Crippen molar-refractivity contribution in [3.63, 3.8) is 0 Å². The van der Waals surface area contributed by atoms with Gasteiger partial charge in [-0.2, -0.15) is 16.8 Å². The van der Waals surface area contributed by atoms with Gasteiger partial charge in [0.25, 0.3) is 0 Å². The van der Waals surface area contributed by atoms with Gasteiger partial charge in [0.15, 0.2) is 4.80 Å². The summed E-state index contributed by atoms with van der Waals surface area (Å²) in [6, 6.07) is 4.65. The zero-order chi connectivity index (χ0) is 13.1. The predicted octanol–water partition coefficient (Wildman–Crippen LogP) is 2.65. The van der Waals surface area contributed by atoms with Gasteiger partial charge in [0.05, 0.1) is 10.2 Å². The highest BCUT2D eigenvalue weighted by molar-refractivity contribution is 7.98. The number of thioether (sulfide) groups is 1. The fourth-order valence-electron chi connectivity index (χ4n) is 1.67. The zero-order valence-corrected chi connectivity index (χ0v) is 11.8. The minimum absolute atomic E-state index is 0.236. The number of amides is 1. The van der Waals surface area contributed by atoms with Crippen molar-refractivity contribution in [2.45, 2.75) is 13.5 Å². The van der Waals surface area contributed by atoms with E-state index in [-0.39, 0.29) is 11.7 Å². The van der Waals surface area contributed by atoms with Crippen LogP contribution in [0, 0.1) is 5.82 Å². The van der Waals surface area contributed by atoms with Gasteiger partial charge in [-0.05, 0) is 24.5 Å². The smallest absolute Gasteiger partial charge is 0.245 e. The number of carbonyl (C=O) groups excluding carboxylic acids is 1. The van der Waals surface area contributed by atoms with E-state index >= 15 is 0 Å². The molecule has 0 fully saturated rings. The van der Waals surface area contributed by atoms with Crippen molar-refractivity contribution in [1.29, 1.82) is 0 Å². The van der Waals surface area contributed by atoms with Crippen LogP contribution >= 0.6 is 23.1 Å². The number of benzene rings is 1. The van der Waals surface area contributed by atoms with Crippen molar-refractivity contribution in [2.24, 2.45) is 4.99 Å². The Kier molecular flexibility index (Phi) is 4.19. The van der Waals surface area contributed by atoms with E-state index < -0.39 is 0 Å². The van der Waals surface area contributed by atoms with Crippen molar-refractivity contribution in [1.82, 2.24) is 4.57 Å². The molecule has 18 heavy (non-hydrogen) atoms. The fourth-order valence-corrected chi connectivity index (χ4v) is 3.16. The van der Waals surface area contributed by atoms with Crippen molar-refractivity contribution in [3.05, 3.63) is 28.8 Å². The summed E-state index contributed by atoms with van der Waals surface area (Å²) in [4.78, 5) is 15.8. The van der Waals surface area contributed by atoms with Crippen LogP contribution in [0.4, 0.5) is 4.39 Å². The summed E-state index contributed by atoms with van der Waals surface area (Å²) in [5, 5.41) is 0. The molecule has 0 aliphatic rings. The summed E-state index contributed by atoms with van der Waals surface area (Å²) < 4.78 is 16.0. The Balaban J connectivity index is 2.64. The molecule has 0 aliphatic heterocycles. The maximum absolute atomic E-state index is 13.2. The highest BCUT2D eigenvalue weighted by Crippen LogP contribution is 2.19. The van der Waals surface area contributed by atoms with Crippen LogP contribution in [0.3, 0.4) is 0 Å². The molecule has 0 bridgehead atoms. The molecule has 0 radical (unpaired) electrons. The molecular formula is C12H13FN2OS2. The molecule has 1 amide bonds. The van der Waals surface area contributed by atoms with E-state index in [0.29, 0.717) is 4.80 Å². The second-order valence-electron chi connectivity index (χ2n) is 3.77. The quantitative estimate of drug-likeness (QED) is 0.868. The van der Waals surface area contributed by atoms with E-state index in [1.165, 1.54) is 30.4 Å². The Labute approximate surface area is 112 Å². The van der Waals surface area contributed by atoms with E-state index in [4.69, 9.17) is 0 Å². The molecule has 0 N–H and O–H groups in total. The molecule has 1 aromatic carbocycles. The minimum atomic E-state index is -0.268. The van der Waals surface area contributed by atoms with E-state index in [9.17, 15) is 9.18 Å². The third-order valence-corrected chi connectivity index (χ3v) is 4.05. The first-order valence-electron chi connectivity index (χ1n) is 5.45. The molecule has 2 rings (SSSR count). The molecule has 0 atom stereocenters. The Bertz CT molecular complexity index is 645. The number of halogens is 1. The van der Waals surface area contributed by atoms with Gasteiger partial charge in [0, 0.05) is 19.2 Å². The minimum Gasteiger partial charge on any atom is -0.316 e. The Morgan fingerprint density at radius 1 is 1.56 bits per heavy atom. The largest absolute Gasteiger partial charge is 0.316 e. The summed E-state index contributed by atoms with van der Waals surface area (Å²) in [6.07, 6.45) is 2.02. The summed E-state index contributed by atoms with van der Waals surface area (Å²) in [5.41, 5.74) is 0.926. The first kappa shape index (κ1) is 13.3. The van der Waals surface area contributed by atoms with Crippen LogP contribution < -0.4 is 4.80 Å². The van der Waals surface area contributed by atoms with Gasteiger partial charge < -0.3 is 4.57 Å². The first-order chi connectivity index (χ1) is 8.61. The van der Waals surface area contributed by atoms with Crippen LogP contribution in [0.25, 0.3) is 10.2 Å². The van der Waals surface area contributed by atoms with E-state index in [2.05, 4.69) is 4.99 Å². The standard InChI is InChI=1S/C12H13FN2OS2/c1-8(16)14-12-15(5-6-17-2)10-4-3-9(13)7-11(10)18-12/h3-4,7H,5-6H2,1-2H3. The van der Waals surface area contributed by atoms with Crippen LogP contribution in [0.15, 0.2) is 23.2 Å². The van der Waals surface area contributed by atoms with Crippen molar-refractivity contribution in [2.75, 3.05) is 12.0 Å². The number of hydrogen-bond donors (Lipinski definition) is 0. The summed E-state index contributed by atoms with van der Waals surface area (Å²) in [6.45, 7) is 2.18. The Morgan fingerprint density at radius 3 is 3.00 bits per heavy atom. The number of nitrogens with zero attached hydrogens (tertiary/aromatic N) is 2. The van der Waals surface area contributed by atoms with Gasteiger partial charge in [0.1, 0.15) is 5.82 Å². The van der Waals surface area contributed by atoms with Gasteiger partial charge in [-0.25, -0.2) is 4.39 Å². The SMILES string of the molecule is CSCCn1c(=NC(C)=O)sc2cc(F)ccc21. The maximum Gasteiger partial charge on any atom is 0.245 e. The summed E-state index contributed by atoms with van der Waals surface area (Å²) >= 11 is 3.07. The maximum atomic E-state index is 13.2. The van der Waals surface area contributed by atoms with Gasteiger partial charge in [-0.15, -0.1) is 0 Å². The number of fused-ring (bicyclic) bond motifs is 1. The molecule has 0 spiro atoms. The normalized spacial score (nSPS) is 12.3. The second kappa shape index (κ2) is 5.67. The average molecular weight is 284 g/mol. The fraction of sp³-hybridized carbons (Fsp3) is 0.333. The Morgan fingerprint density at radius 2 is 2.33 bits per heavy atom. The molecule has 6 heteroatoms. The lowest BCUT2D eigenvalue weighted by Crippen LogP contribution is -2.17. The van der Waals surface area contributed by atoms with Gasteiger partial charge in [-0.1, -0.05) is 11.3 Å². The lowest BCUT2D eigenvalue weighted by atomic mass is 10.3. The molecule has 2 aromatic rings. The monoisotopic (exact) mass is 284 g/mol. The zero-order valence-electron chi connectivity index (χ0n) is 10.1. The molecule has 1 heterocycles. The molecule has 0 saturated carbocycles. The van der Waals surface area contributed by atoms with E-state index in [1.54, 1.807) is 17.8 Å². The highest BCUT2D eigenvalue weighted by atomic mass is 32.2. The Hall–Kier alpha value is -1.14. The molecule has 96 valence electrons. The average Bonchev–Trinajstić information content (AvgIpc) is 2.62. The number of aryl methyl sites for hydroxylation is 1. The molecule has 0 saturated heterocycles. The van der Waals surface area contributed by atoms with E-state index in [1.807, 2.05) is 10.8 Å². The van der Waals surface area contributed by atoms with Crippen LogP contribution in [0.1, 0.15) is 6.92 Å². The van der Waals surface area contributed by atoms with Gasteiger partial charge in [-0.3, -0.25) is 4.79 Å². The third-order valence-electron chi connectivity index (χ3n) is 2.42. The summed E-state index contributed by atoms with van der Waals surface area (Å²) in [5.74, 6) is 0.420. The third kappa shape index (κ3) is 2.81. The van der Waals surface area contributed by atoms with Gasteiger partial charge in [0.2, 0.25) is 5.91 Å². The lowest BCUT2D eigenvalue weighted by molar-refractivity contribution is -0.116. The second-order valence-corrected chi connectivity index (χ2v) is 5.77. The number of thiazole rings is 1. The van der Waals surface area contributed by atoms with Gasteiger partial charge >= 0.3 is 0 Å². The first-order valence-corrected chi connectivity index (χ1v) is 7.66. The topological polar surface area (TPSA) is 34.4 Å². The highest BCUT2D eigenvalue weighted by Gasteiger charge is 2.07. The summed E-state index contributed by atoms with van der Waals surface area (Å²) in [7, 11) is 0. The molecular weight excluding hydrogens is 271 g/mol. The molecule has 0 unspecified atom stereocenters.